The lowest BCUT2D eigenvalue weighted by atomic mass is 10.0. The molecule has 0 aliphatic rings. The van der Waals surface area contributed by atoms with Crippen molar-refractivity contribution < 1.29 is 18.0 Å². The van der Waals surface area contributed by atoms with E-state index >= 15 is 0 Å². The number of anilines is 1. The van der Waals surface area contributed by atoms with Gasteiger partial charge < -0.3 is 10.2 Å². The topological polar surface area (TPSA) is 86.8 Å². The first-order chi connectivity index (χ1) is 18.5. The lowest BCUT2D eigenvalue weighted by Crippen LogP contribution is -2.53. The summed E-state index contributed by atoms with van der Waals surface area (Å²) in [7, 11) is -3.84. The summed E-state index contributed by atoms with van der Waals surface area (Å²) in [6, 6.07) is 20.3. The molecule has 208 valence electrons. The molecule has 10 heteroatoms. The van der Waals surface area contributed by atoms with Crippen molar-refractivity contribution in [1.29, 1.82) is 0 Å². The molecule has 0 aliphatic heterocycles. The molecule has 0 spiro atoms. The summed E-state index contributed by atoms with van der Waals surface area (Å²) in [4.78, 5) is 28.9. The summed E-state index contributed by atoms with van der Waals surface area (Å²) in [5.74, 6) is -0.913. The van der Waals surface area contributed by atoms with Crippen molar-refractivity contribution in [3.63, 3.8) is 0 Å². The number of hydrogen-bond donors (Lipinski definition) is 1. The van der Waals surface area contributed by atoms with Gasteiger partial charge in [-0.25, -0.2) is 8.42 Å². The van der Waals surface area contributed by atoms with E-state index < -0.39 is 28.5 Å². The van der Waals surface area contributed by atoms with Gasteiger partial charge in [0.05, 0.1) is 11.9 Å². The van der Waals surface area contributed by atoms with Crippen molar-refractivity contribution in [3.05, 3.63) is 99.5 Å². The Balaban J connectivity index is 2.09. The Bertz CT molecular complexity index is 1380. The van der Waals surface area contributed by atoms with Crippen molar-refractivity contribution >= 4 is 50.7 Å². The van der Waals surface area contributed by atoms with E-state index in [9.17, 15) is 18.0 Å². The first kappa shape index (κ1) is 30.5. The summed E-state index contributed by atoms with van der Waals surface area (Å²) < 4.78 is 26.7. The van der Waals surface area contributed by atoms with Crippen LogP contribution in [0.3, 0.4) is 0 Å². The largest absolute Gasteiger partial charge is 0.354 e. The molecule has 0 radical (unpaired) electrons. The highest BCUT2D eigenvalue weighted by atomic mass is 35.5. The SMILES string of the molecule is CCCNC(=O)[C@@H](Cc1ccccc1)N(Cc1c(Cl)cccc1Cl)C(=O)CN(c1cccc(C)c1)S(C)(=O)=O. The van der Waals surface area contributed by atoms with Gasteiger partial charge in [-0.15, -0.1) is 0 Å². The zero-order valence-corrected chi connectivity index (χ0v) is 24.6. The van der Waals surface area contributed by atoms with Gasteiger partial charge in [-0.3, -0.25) is 13.9 Å². The number of benzene rings is 3. The molecule has 0 unspecified atom stereocenters. The van der Waals surface area contributed by atoms with Crippen molar-refractivity contribution in [2.45, 2.75) is 39.3 Å². The zero-order valence-electron chi connectivity index (χ0n) is 22.2. The van der Waals surface area contributed by atoms with Gasteiger partial charge >= 0.3 is 0 Å². The van der Waals surface area contributed by atoms with Gasteiger partial charge in [-0.1, -0.05) is 78.7 Å². The van der Waals surface area contributed by atoms with Crippen LogP contribution in [0.4, 0.5) is 5.69 Å². The minimum atomic E-state index is -3.84. The van der Waals surface area contributed by atoms with Crippen LogP contribution in [0.15, 0.2) is 72.8 Å². The molecule has 0 heterocycles. The molecular weight excluding hydrogens is 557 g/mol. The van der Waals surface area contributed by atoms with E-state index in [1.54, 1.807) is 36.4 Å². The number of hydrogen-bond acceptors (Lipinski definition) is 4. The monoisotopic (exact) mass is 589 g/mol. The van der Waals surface area contributed by atoms with Gasteiger partial charge in [-0.05, 0) is 48.7 Å². The smallest absolute Gasteiger partial charge is 0.244 e. The standard InChI is InChI=1S/C29H33Cl2N3O4S/c1-4-16-32-29(36)27(18-22-11-6-5-7-12-22)33(19-24-25(30)14-9-15-26(24)31)28(35)20-34(39(3,37)38)23-13-8-10-21(2)17-23/h5-15,17,27H,4,16,18-20H2,1-3H3,(H,32,36)/t27-/m1/s1. The predicted octanol–water partition coefficient (Wildman–Crippen LogP) is 5.23. The van der Waals surface area contributed by atoms with E-state index in [0.29, 0.717) is 34.3 Å². The second-order valence-corrected chi connectivity index (χ2v) is 12.0. The van der Waals surface area contributed by atoms with Crippen LogP contribution in [0, 0.1) is 6.92 Å². The molecule has 0 saturated heterocycles. The third-order valence-electron chi connectivity index (χ3n) is 6.18. The van der Waals surface area contributed by atoms with Crippen LogP contribution in [0.2, 0.25) is 10.0 Å². The Morgan fingerprint density at radius 3 is 2.18 bits per heavy atom. The molecule has 0 aliphatic carbocycles. The highest BCUT2D eigenvalue weighted by Gasteiger charge is 2.33. The molecule has 0 saturated carbocycles. The van der Waals surface area contributed by atoms with E-state index in [4.69, 9.17) is 23.2 Å². The van der Waals surface area contributed by atoms with Crippen LogP contribution in [-0.4, -0.2) is 50.5 Å². The highest BCUT2D eigenvalue weighted by molar-refractivity contribution is 7.92. The predicted molar refractivity (Wildman–Crippen MR) is 158 cm³/mol. The first-order valence-corrected chi connectivity index (χ1v) is 15.2. The van der Waals surface area contributed by atoms with Crippen molar-refractivity contribution in [2.75, 3.05) is 23.7 Å². The fraction of sp³-hybridized carbons (Fsp3) is 0.310. The summed E-state index contributed by atoms with van der Waals surface area (Å²) >= 11 is 12.9. The van der Waals surface area contributed by atoms with Crippen molar-refractivity contribution in [3.8, 4) is 0 Å². The maximum absolute atomic E-state index is 14.0. The van der Waals surface area contributed by atoms with Gasteiger partial charge in [-0.2, -0.15) is 0 Å². The second kappa shape index (κ2) is 13.8. The summed E-state index contributed by atoms with van der Waals surface area (Å²) in [6.45, 7) is 3.62. The molecule has 0 fully saturated rings. The van der Waals surface area contributed by atoms with Crippen LogP contribution < -0.4 is 9.62 Å². The van der Waals surface area contributed by atoms with E-state index in [1.807, 2.05) is 50.2 Å². The number of rotatable bonds is 12. The van der Waals surface area contributed by atoms with Crippen molar-refractivity contribution in [2.24, 2.45) is 0 Å². The molecule has 3 aromatic carbocycles. The number of nitrogens with zero attached hydrogens (tertiary/aromatic N) is 2. The number of nitrogens with one attached hydrogen (secondary N) is 1. The third kappa shape index (κ3) is 8.46. The molecule has 1 atom stereocenters. The second-order valence-electron chi connectivity index (χ2n) is 9.33. The number of carbonyl (C=O) groups is 2. The van der Waals surface area contributed by atoms with E-state index in [-0.39, 0.29) is 18.9 Å². The fourth-order valence-corrected chi connectivity index (χ4v) is 5.53. The highest BCUT2D eigenvalue weighted by Crippen LogP contribution is 2.28. The van der Waals surface area contributed by atoms with E-state index in [2.05, 4.69) is 5.32 Å². The Morgan fingerprint density at radius 1 is 0.949 bits per heavy atom. The van der Waals surface area contributed by atoms with Crippen molar-refractivity contribution in [1.82, 2.24) is 10.2 Å². The van der Waals surface area contributed by atoms with Crippen LogP contribution in [0.5, 0.6) is 0 Å². The molecule has 39 heavy (non-hydrogen) atoms. The maximum atomic E-state index is 14.0. The van der Waals surface area contributed by atoms with Crippen LogP contribution in [0.25, 0.3) is 0 Å². The van der Waals surface area contributed by atoms with E-state index in [1.165, 1.54) is 4.90 Å². The first-order valence-electron chi connectivity index (χ1n) is 12.6. The Kier molecular flexibility index (Phi) is 10.8. The van der Waals surface area contributed by atoms with Gasteiger partial charge in [0.2, 0.25) is 21.8 Å². The maximum Gasteiger partial charge on any atom is 0.244 e. The van der Waals surface area contributed by atoms with Gasteiger partial charge in [0, 0.05) is 35.1 Å². The van der Waals surface area contributed by atoms with Gasteiger partial charge in [0.1, 0.15) is 12.6 Å². The number of carbonyl (C=O) groups excluding carboxylic acids is 2. The minimum Gasteiger partial charge on any atom is -0.354 e. The quantitative estimate of drug-likeness (QED) is 0.313. The average Bonchev–Trinajstić information content (AvgIpc) is 2.89. The normalized spacial score (nSPS) is 12.0. The number of aryl methyl sites for hydroxylation is 1. The van der Waals surface area contributed by atoms with Gasteiger partial charge in [0.15, 0.2) is 0 Å². The van der Waals surface area contributed by atoms with Gasteiger partial charge in [0.25, 0.3) is 0 Å². The Hall–Kier alpha value is -3.07. The summed E-state index contributed by atoms with van der Waals surface area (Å²) in [5, 5.41) is 3.57. The van der Waals surface area contributed by atoms with Crippen LogP contribution in [0.1, 0.15) is 30.0 Å². The molecule has 1 N–H and O–H groups in total. The van der Waals surface area contributed by atoms with Crippen LogP contribution >= 0.6 is 23.2 Å². The molecule has 0 bridgehead atoms. The average molecular weight is 591 g/mol. The number of amides is 2. The lowest BCUT2D eigenvalue weighted by molar-refractivity contribution is -0.140. The summed E-state index contributed by atoms with van der Waals surface area (Å²) in [5.41, 5.74) is 2.51. The summed E-state index contributed by atoms with van der Waals surface area (Å²) in [6.07, 6.45) is 1.98. The fourth-order valence-electron chi connectivity index (χ4n) is 4.17. The molecule has 3 rings (SSSR count). The van der Waals surface area contributed by atoms with Crippen LogP contribution in [-0.2, 0) is 32.6 Å². The minimum absolute atomic E-state index is 0.0835. The third-order valence-corrected chi connectivity index (χ3v) is 8.03. The molecule has 3 aromatic rings. The Labute approximate surface area is 240 Å². The number of sulfonamides is 1. The lowest BCUT2D eigenvalue weighted by Gasteiger charge is -2.34. The molecule has 0 aromatic heterocycles. The Morgan fingerprint density at radius 2 is 1.59 bits per heavy atom. The van der Waals surface area contributed by atoms with E-state index in [0.717, 1.165) is 21.7 Å². The molecule has 7 nitrogen and oxygen atoms in total. The number of halogens is 2. The molecular formula is C29H33Cl2N3O4S. The molecule has 2 amide bonds. The zero-order chi connectivity index (χ0) is 28.6.